The van der Waals surface area contributed by atoms with E-state index in [2.05, 4.69) is 83.0 Å². The maximum Gasteiger partial charge on any atom is 0.173 e. The minimum atomic E-state index is -0.158. The van der Waals surface area contributed by atoms with Gasteiger partial charge in [-0.2, -0.15) is 0 Å². The van der Waals surface area contributed by atoms with Crippen molar-refractivity contribution in [2.24, 2.45) is 0 Å². The number of tetrazole rings is 1. The first-order valence-electron chi connectivity index (χ1n) is 8.67. The van der Waals surface area contributed by atoms with E-state index in [0.29, 0.717) is 0 Å². The minimum Gasteiger partial charge on any atom is -0.285 e. The molecule has 0 amide bonds. The van der Waals surface area contributed by atoms with Gasteiger partial charge in [0.2, 0.25) is 0 Å². The monoisotopic (exact) mass is 353 g/mol. The molecule has 0 spiro atoms. The zero-order valence-electron chi connectivity index (χ0n) is 14.9. The lowest BCUT2D eigenvalue weighted by atomic mass is 9.99. The molecule has 0 N–H and O–H groups in total. The van der Waals surface area contributed by atoms with Crippen LogP contribution in [0.2, 0.25) is 0 Å². The molecule has 6 heteroatoms. The largest absolute Gasteiger partial charge is 0.285 e. The van der Waals surface area contributed by atoms with Gasteiger partial charge in [0.1, 0.15) is 0 Å². The molecule has 0 bridgehead atoms. The molecule has 5 nitrogen and oxygen atoms in total. The van der Waals surface area contributed by atoms with E-state index in [-0.39, 0.29) is 11.6 Å². The second-order valence-electron chi connectivity index (χ2n) is 7.52. The molecule has 130 valence electrons. The van der Waals surface area contributed by atoms with Gasteiger partial charge >= 0.3 is 0 Å². The van der Waals surface area contributed by atoms with Crippen LogP contribution < -0.4 is 0 Å². The molecule has 3 heterocycles. The van der Waals surface area contributed by atoms with Gasteiger partial charge in [-0.25, -0.2) is 4.68 Å². The number of nitrogens with zero attached hydrogens (tertiary/aromatic N) is 5. The zero-order valence-corrected chi connectivity index (χ0v) is 15.7. The van der Waals surface area contributed by atoms with Crippen LogP contribution >= 0.6 is 11.3 Å². The summed E-state index contributed by atoms with van der Waals surface area (Å²) < 4.78 is 1.97. The SMILES string of the molecule is CC(C)(C)n1nnnc1C(c1ccccc1)N1CCc2sccc2C1. The normalized spacial score (nSPS) is 16.6. The molecule has 0 aliphatic carbocycles. The van der Waals surface area contributed by atoms with E-state index in [0.717, 1.165) is 25.3 Å². The summed E-state index contributed by atoms with van der Waals surface area (Å²) in [6, 6.07) is 12.9. The predicted molar refractivity (Wildman–Crippen MR) is 99.5 cm³/mol. The van der Waals surface area contributed by atoms with Crippen LogP contribution in [-0.2, 0) is 18.5 Å². The summed E-state index contributed by atoms with van der Waals surface area (Å²) in [6.45, 7) is 8.38. The predicted octanol–water partition coefficient (Wildman–Crippen LogP) is 3.64. The van der Waals surface area contributed by atoms with Crippen molar-refractivity contribution in [3.8, 4) is 0 Å². The summed E-state index contributed by atoms with van der Waals surface area (Å²) >= 11 is 1.87. The lowest BCUT2D eigenvalue weighted by Gasteiger charge is -2.35. The summed E-state index contributed by atoms with van der Waals surface area (Å²) in [5.74, 6) is 0.914. The number of hydrogen-bond acceptors (Lipinski definition) is 5. The molecule has 1 atom stereocenters. The first-order valence-corrected chi connectivity index (χ1v) is 9.55. The third-order valence-corrected chi connectivity index (χ3v) is 5.71. The molecular weight excluding hydrogens is 330 g/mol. The Bertz CT molecular complexity index is 846. The number of thiophene rings is 1. The van der Waals surface area contributed by atoms with Crippen LogP contribution in [-0.4, -0.2) is 31.7 Å². The molecule has 1 unspecified atom stereocenters. The van der Waals surface area contributed by atoms with Crippen molar-refractivity contribution in [3.63, 3.8) is 0 Å². The molecule has 0 radical (unpaired) electrons. The van der Waals surface area contributed by atoms with E-state index >= 15 is 0 Å². The molecule has 0 saturated carbocycles. The smallest absolute Gasteiger partial charge is 0.173 e. The summed E-state index contributed by atoms with van der Waals surface area (Å²) in [5.41, 5.74) is 2.52. The van der Waals surface area contributed by atoms with Crippen LogP contribution in [0.5, 0.6) is 0 Å². The van der Waals surface area contributed by atoms with E-state index < -0.39 is 0 Å². The van der Waals surface area contributed by atoms with Crippen LogP contribution in [0, 0.1) is 0 Å². The van der Waals surface area contributed by atoms with E-state index in [4.69, 9.17) is 0 Å². The highest BCUT2D eigenvalue weighted by atomic mass is 32.1. The van der Waals surface area contributed by atoms with E-state index in [1.54, 1.807) is 0 Å². The van der Waals surface area contributed by atoms with Crippen molar-refractivity contribution in [1.82, 2.24) is 25.1 Å². The molecule has 1 aliphatic rings. The Morgan fingerprint density at radius 3 is 2.68 bits per heavy atom. The Labute approximate surface area is 152 Å². The average molecular weight is 353 g/mol. The second kappa shape index (κ2) is 6.35. The molecule has 25 heavy (non-hydrogen) atoms. The van der Waals surface area contributed by atoms with Crippen molar-refractivity contribution >= 4 is 11.3 Å². The van der Waals surface area contributed by atoms with E-state index in [9.17, 15) is 0 Å². The highest BCUT2D eigenvalue weighted by molar-refractivity contribution is 7.10. The molecule has 4 rings (SSSR count). The molecule has 0 saturated heterocycles. The van der Waals surface area contributed by atoms with Crippen LogP contribution in [0.1, 0.15) is 48.6 Å². The van der Waals surface area contributed by atoms with Gasteiger partial charge in [0.15, 0.2) is 5.82 Å². The Kier molecular flexibility index (Phi) is 4.17. The van der Waals surface area contributed by atoms with Gasteiger partial charge in [-0.3, -0.25) is 4.90 Å². The van der Waals surface area contributed by atoms with E-state index in [1.165, 1.54) is 16.0 Å². The van der Waals surface area contributed by atoms with E-state index in [1.807, 2.05) is 16.0 Å². The number of hydrogen-bond donors (Lipinski definition) is 0. The van der Waals surface area contributed by atoms with Crippen LogP contribution in [0.3, 0.4) is 0 Å². The minimum absolute atomic E-state index is 0.0588. The van der Waals surface area contributed by atoms with Gasteiger partial charge in [-0.15, -0.1) is 16.4 Å². The molecule has 1 aliphatic heterocycles. The molecular formula is C19H23N5S. The standard InChI is InChI=1S/C19H23N5S/c1-19(2,3)24-18(20-21-22-24)17(14-7-5-4-6-8-14)23-11-9-16-15(13-23)10-12-25-16/h4-8,10,12,17H,9,11,13H2,1-3H3. The van der Waals surface area contributed by atoms with Gasteiger partial charge in [0.05, 0.1) is 11.6 Å². The quantitative estimate of drug-likeness (QED) is 0.721. The summed E-state index contributed by atoms with van der Waals surface area (Å²) in [4.78, 5) is 4.01. The van der Waals surface area contributed by atoms with Crippen LogP contribution in [0.4, 0.5) is 0 Å². The highest BCUT2D eigenvalue weighted by Gasteiger charge is 2.33. The average Bonchev–Trinajstić information content (AvgIpc) is 3.24. The highest BCUT2D eigenvalue weighted by Crippen LogP contribution is 2.34. The molecule has 0 fully saturated rings. The molecule has 2 aromatic heterocycles. The van der Waals surface area contributed by atoms with Gasteiger partial charge in [0, 0.05) is 18.0 Å². The van der Waals surface area contributed by atoms with Crippen molar-refractivity contribution < 1.29 is 0 Å². The number of aromatic nitrogens is 4. The van der Waals surface area contributed by atoms with Gasteiger partial charge < -0.3 is 0 Å². The number of rotatable bonds is 3. The lowest BCUT2D eigenvalue weighted by Crippen LogP contribution is -2.37. The first-order chi connectivity index (χ1) is 12.0. The van der Waals surface area contributed by atoms with Crippen molar-refractivity contribution in [3.05, 3.63) is 63.6 Å². The fourth-order valence-electron chi connectivity index (χ4n) is 3.49. The van der Waals surface area contributed by atoms with Gasteiger partial charge in [0.25, 0.3) is 0 Å². The van der Waals surface area contributed by atoms with Gasteiger partial charge in [-0.1, -0.05) is 30.3 Å². The van der Waals surface area contributed by atoms with Crippen LogP contribution in [0.15, 0.2) is 41.8 Å². The third-order valence-electron chi connectivity index (χ3n) is 4.69. The number of fused-ring (bicyclic) bond motifs is 1. The first kappa shape index (κ1) is 16.4. The summed E-state index contributed by atoms with van der Waals surface area (Å²) in [7, 11) is 0. The number of benzene rings is 1. The topological polar surface area (TPSA) is 46.8 Å². The lowest BCUT2D eigenvalue weighted by molar-refractivity contribution is 0.187. The Morgan fingerprint density at radius 2 is 1.92 bits per heavy atom. The van der Waals surface area contributed by atoms with Crippen molar-refractivity contribution in [2.75, 3.05) is 6.54 Å². The van der Waals surface area contributed by atoms with Crippen LogP contribution in [0.25, 0.3) is 0 Å². The summed E-state index contributed by atoms with van der Waals surface area (Å²) in [5, 5.41) is 14.9. The Hall–Kier alpha value is -2.05. The molecule has 3 aromatic rings. The molecule has 1 aromatic carbocycles. The van der Waals surface area contributed by atoms with Gasteiger partial charge in [-0.05, 0) is 60.2 Å². The zero-order chi connectivity index (χ0) is 17.4. The van der Waals surface area contributed by atoms with Crippen molar-refractivity contribution in [2.45, 2.75) is 45.3 Å². The fourth-order valence-corrected chi connectivity index (χ4v) is 4.38. The maximum atomic E-state index is 4.44. The Morgan fingerprint density at radius 1 is 1.12 bits per heavy atom. The summed E-state index contributed by atoms with van der Waals surface area (Å²) in [6.07, 6.45) is 1.09. The van der Waals surface area contributed by atoms with Crippen molar-refractivity contribution in [1.29, 1.82) is 0 Å². The Balaban J connectivity index is 1.78. The third kappa shape index (κ3) is 3.12. The second-order valence-corrected chi connectivity index (χ2v) is 8.52. The maximum absolute atomic E-state index is 4.44. The fraction of sp³-hybridized carbons (Fsp3) is 0.421.